The van der Waals surface area contributed by atoms with Crippen molar-refractivity contribution in [2.45, 2.75) is 18.9 Å². The minimum absolute atomic E-state index is 0.115. The highest BCUT2D eigenvalue weighted by molar-refractivity contribution is 7.17. The lowest BCUT2D eigenvalue weighted by atomic mass is 9.80. The first-order valence-corrected chi connectivity index (χ1v) is 7.04. The van der Waals surface area contributed by atoms with E-state index in [4.69, 9.17) is 5.73 Å². The van der Waals surface area contributed by atoms with E-state index in [9.17, 15) is 4.79 Å². The van der Waals surface area contributed by atoms with E-state index >= 15 is 0 Å². The summed E-state index contributed by atoms with van der Waals surface area (Å²) in [6.45, 7) is 0. The normalized spacial score (nSPS) is 22.8. The molecule has 0 atom stereocenters. The van der Waals surface area contributed by atoms with Crippen molar-refractivity contribution in [3.8, 4) is 0 Å². The van der Waals surface area contributed by atoms with Gasteiger partial charge in [0.1, 0.15) is 0 Å². The average molecular weight is 260 g/mol. The van der Waals surface area contributed by atoms with Gasteiger partial charge in [-0.3, -0.25) is 4.79 Å². The Bertz CT molecular complexity index is 586. The van der Waals surface area contributed by atoms with Crippen LogP contribution in [0.5, 0.6) is 0 Å². The van der Waals surface area contributed by atoms with Crippen molar-refractivity contribution in [2.24, 2.45) is 11.7 Å². The number of nitrogens with zero attached hydrogens (tertiary/aromatic N) is 1. The van der Waals surface area contributed by atoms with Crippen LogP contribution < -0.4 is 10.6 Å². The highest BCUT2D eigenvalue weighted by Crippen LogP contribution is 2.35. The highest BCUT2D eigenvalue weighted by Gasteiger charge is 2.34. The van der Waals surface area contributed by atoms with Gasteiger partial charge >= 0.3 is 0 Å². The fraction of sp³-hybridized carbons (Fsp3) is 0.357. The molecule has 1 aliphatic rings. The Labute approximate surface area is 110 Å². The third kappa shape index (κ3) is 1.82. The van der Waals surface area contributed by atoms with Crippen LogP contribution >= 0.6 is 11.3 Å². The highest BCUT2D eigenvalue weighted by atomic mass is 32.1. The fourth-order valence-corrected chi connectivity index (χ4v) is 3.46. The van der Waals surface area contributed by atoms with Crippen LogP contribution in [0.3, 0.4) is 0 Å². The van der Waals surface area contributed by atoms with Crippen molar-refractivity contribution in [3.63, 3.8) is 0 Å². The maximum Gasteiger partial charge on any atom is 0.229 e. The second-order valence-electron chi connectivity index (χ2n) is 4.94. The molecule has 0 unspecified atom stereocenters. The number of rotatable bonds is 2. The number of fused-ring (bicyclic) bond motifs is 1. The molecule has 18 heavy (non-hydrogen) atoms. The van der Waals surface area contributed by atoms with Crippen molar-refractivity contribution in [1.29, 1.82) is 0 Å². The maximum atomic E-state index is 12.3. The molecular formula is C14H16N2OS. The van der Waals surface area contributed by atoms with E-state index in [0.29, 0.717) is 0 Å². The molecule has 2 aromatic rings. The predicted molar refractivity (Wildman–Crippen MR) is 75.9 cm³/mol. The van der Waals surface area contributed by atoms with Crippen molar-refractivity contribution in [1.82, 2.24) is 0 Å². The van der Waals surface area contributed by atoms with Crippen LogP contribution in [0.2, 0.25) is 0 Å². The van der Waals surface area contributed by atoms with Gasteiger partial charge in [0, 0.05) is 34.5 Å². The summed E-state index contributed by atoms with van der Waals surface area (Å²) >= 11 is 1.68. The largest absolute Gasteiger partial charge is 0.328 e. The van der Waals surface area contributed by atoms with E-state index in [1.165, 1.54) is 4.70 Å². The number of anilines is 1. The van der Waals surface area contributed by atoms with Gasteiger partial charge in [-0.05, 0) is 18.9 Å². The summed E-state index contributed by atoms with van der Waals surface area (Å²) in [5.74, 6) is 0.309. The Kier molecular flexibility index (Phi) is 2.84. The Hall–Kier alpha value is -1.39. The number of hydrogen-bond donors (Lipinski definition) is 1. The molecule has 0 aliphatic heterocycles. The van der Waals surface area contributed by atoms with Crippen molar-refractivity contribution >= 4 is 33.0 Å². The smallest absolute Gasteiger partial charge is 0.229 e. The third-order valence-corrected chi connectivity index (χ3v) is 4.63. The van der Waals surface area contributed by atoms with Gasteiger partial charge < -0.3 is 10.6 Å². The summed E-state index contributed by atoms with van der Waals surface area (Å²) < 4.78 is 1.22. The summed E-state index contributed by atoms with van der Waals surface area (Å²) in [5.41, 5.74) is 6.76. The van der Waals surface area contributed by atoms with Crippen LogP contribution in [0.25, 0.3) is 10.1 Å². The zero-order chi connectivity index (χ0) is 12.7. The summed E-state index contributed by atoms with van der Waals surface area (Å²) in [6, 6.07) is 8.40. The van der Waals surface area contributed by atoms with Crippen LogP contribution in [0, 0.1) is 5.92 Å². The quantitative estimate of drug-likeness (QED) is 0.902. The fourth-order valence-electron chi connectivity index (χ4n) is 2.48. The molecule has 94 valence electrons. The number of carbonyl (C=O) groups is 1. The Morgan fingerprint density at radius 1 is 1.39 bits per heavy atom. The van der Waals surface area contributed by atoms with E-state index in [1.54, 1.807) is 16.2 Å². The van der Waals surface area contributed by atoms with Crippen molar-refractivity contribution < 1.29 is 4.79 Å². The molecule has 4 heteroatoms. The zero-order valence-corrected chi connectivity index (χ0v) is 11.1. The standard InChI is InChI=1S/C14H16N2OS/c1-16(14(17)9-6-10(15)7-9)12-8-18-13-5-3-2-4-11(12)13/h2-5,8-10H,6-7,15H2,1H3. The van der Waals surface area contributed by atoms with E-state index in [2.05, 4.69) is 17.5 Å². The van der Waals surface area contributed by atoms with Gasteiger partial charge in [-0.1, -0.05) is 18.2 Å². The predicted octanol–water partition coefficient (Wildman–Crippen LogP) is 2.60. The molecule has 1 saturated carbocycles. The first-order valence-electron chi connectivity index (χ1n) is 6.16. The van der Waals surface area contributed by atoms with Crippen LogP contribution in [0.4, 0.5) is 5.69 Å². The second-order valence-corrected chi connectivity index (χ2v) is 5.85. The minimum Gasteiger partial charge on any atom is -0.328 e. The van der Waals surface area contributed by atoms with Crippen LogP contribution in [-0.4, -0.2) is 19.0 Å². The van der Waals surface area contributed by atoms with Gasteiger partial charge in [0.15, 0.2) is 0 Å². The molecule has 3 nitrogen and oxygen atoms in total. The lowest BCUT2D eigenvalue weighted by Crippen LogP contribution is -2.45. The SMILES string of the molecule is CN(C(=O)C1CC(N)C1)c1csc2ccccc12. The molecule has 0 saturated heterocycles. The lowest BCUT2D eigenvalue weighted by Gasteiger charge is -2.34. The number of benzene rings is 1. The number of nitrogens with two attached hydrogens (primary N) is 1. The molecule has 0 bridgehead atoms. The van der Waals surface area contributed by atoms with Gasteiger partial charge in [-0.25, -0.2) is 0 Å². The Morgan fingerprint density at radius 2 is 2.11 bits per heavy atom. The second kappa shape index (κ2) is 4.37. The van der Waals surface area contributed by atoms with Gasteiger partial charge in [0.2, 0.25) is 5.91 Å². The van der Waals surface area contributed by atoms with E-state index in [-0.39, 0.29) is 17.9 Å². The molecule has 1 amide bonds. The lowest BCUT2D eigenvalue weighted by molar-refractivity contribution is -0.124. The van der Waals surface area contributed by atoms with E-state index in [0.717, 1.165) is 23.9 Å². The first kappa shape index (κ1) is 11.7. The Morgan fingerprint density at radius 3 is 2.83 bits per heavy atom. The molecular weight excluding hydrogens is 244 g/mol. The summed E-state index contributed by atoms with van der Waals surface area (Å²) in [4.78, 5) is 14.1. The zero-order valence-electron chi connectivity index (χ0n) is 10.3. The summed E-state index contributed by atoms with van der Waals surface area (Å²) in [6.07, 6.45) is 1.65. The monoisotopic (exact) mass is 260 g/mol. The number of thiophene rings is 1. The van der Waals surface area contributed by atoms with Crippen molar-refractivity contribution in [3.05, 3.63) is 29.6 Å². The topological polar surface area (TPSA) is 46.3 Å². The van der Waals surface area contributed by atoms with Crippen LogP contribution in [0.15, 0.2) is 29.6 Å². The first-order chi connectivity index (χ1) is 8.66. The minimum atomic E-state index is 0.115. The number of carbonyl (C=O) groups excluding carboxylic acids is 1. The molecule has 1 aromatic carbocycles. The maximum absolute atomic E-state index is 12.3. The molecule has 1 aliphatic carbocycles. The molecule has 1 fully saturated rings. The number of amides is 1. The summed E-state index contributed by atoms with van der Waals surface area (Å²) in [7, 11) is 1.86. The number of hydrogen-bond acceptors (Lipinski definition) is 3. The van der Waals surface area contributed by atoms with Crippen LogP contribution in [-0.2, 0) is 4.79 Å². The molecule has 2 N–H and O–H groups in total. The van der Waals surface area contributed by atoms with E-state index in [1.807, 2.05) is 19.2 Å². The molecule has 0 spiro atoms. The molecule has 1 heterocycles. The molecule has 3 rings (SSSR count). The van der Waals surface area contributed by atoms with Crippen LogP contribution in [0.1, 0.15) is 12.8 Å². The van der Waals surface area contributed by atoms with E-state index < -0.39 is 0 Å². The van der Waals surface area contributed by atoms with Gasteiger partial charge in [0.05, 0.1) is 5.69 Å². The Balaban J connectivity index is 1.87. The van der Waals surface area contributed by atoms with Crippen molar-refractivity contribution in [2.75, 3.05) is 11.9 Å². The summed E-state index contributed by atoms with van der Waals surface area (Å²) in [5, 5.41) is 3.21. The average Bonchev–Trinajstić information content (AvgIpc) is 2.77. The van der Waals surface area contributed by atoms with Gasteiger partial charge in [-0.2, -0.15) is 0 Å². The van der Waals surface area contributed by atoms with Gasteiger partial charge in [0.25, 0.3) is 0 Å². The van der Waals surface area contributed by atoms with Gasteiger partial charge in [-0.15, -0.1) is 11.3 Å². The third-order valence-electron chi connectivity index (χ3n) is 3.68. The molecule has 1 aromatic heterocycles. The molecule has 0 radical (unpaired) electrons.